The molecule has 178 valence electrons. The Morgan fingerprint density at radius 3 is 2.50 bits per heavy atom. The number of nitrogens with one attached hydrogen (secondary N) is 2. The summed E-state index contributed by atoms with van der Waals surface area (Å²) in [5.41, 5.74) is 13.0. The largest absolute Gasteiger partial charge is 0.493 e. The third-order valence-corrected chi connectivity index (χ3v) is 6.36. The van der Waals surface area contributed by atoms with Crippen molar-refractivity contribution in [3.8, 4) is 17.2 Å². The van der Waals surface area contributed by atoms with E-state index in [2.05, 4.69) is 43.5 Å². The summed E-state index contributed by atoms with van der Waals surface area (Å²) >= 11 is 0. The van der Waals surface area contributed by atoms with Crippen LogP contribution in [0.1, 0.15) is 40.3 Å². The number of nitrogens with two attached hydrogens (primary N) is 1. The normalized spacial score (nSPS) is 15.6. The minimum atomic E-state index is -0.619. The summed E-state index contributed by atoms with van der Waals surface area (Å²) in [5, 5.41) is 6.58. The molecule has 4 rings (SSSR count). The molecule has 0 spiro atoms. The first-order chi connectivity index (χ1) is 16.4. The van der Waals surface area contributed by atoms with Gasteiger partial charge in [0.25, 0.3) is 0 Å². The molecule has 3 aromatic carbocycles. The number of rotatable bonds is 7. The first-order valence-corrected chi connectivity index (χ1v) is 11.7. The first-order valence-electron chi connectivity index (χ1n) is 11.7. The monoisotopic (exact) mass is 459 g/mol. The van der Waals surface area contributed by atoms with Crippen molar-refractivity contribution < 1.29 is 14.3 Å². The number of hydrogen-bond donors (Lipinski definition) is 3. The van der Waals surface area contributed by atoms with Gasteiger partial charge in [0, 0.05) is 17.8 Å². The molecule has 0 aliphatic carbocycles. The fourth-order valence-corrected chi connectivity index (χ4v) is 4.66. The van der Waals surface area contributed by atoms with E-state index >= 15 is 0 Å². The van der Waals surface area contributed by atoms with E-state index in [0.717, 1.165) is 29.8 Å². The Labute approximate surface area is 201 Å². The van der Waals surface area contributed by atoms with Gasteiger partial charge in [0.2, 0.25) is 5.91 Å². The van der Waals surface area contributed by atoms with Crippen LogP contribution in [0.5, 0.6) is 17.2 Å². The van der Waals surface area contributed by atoms with Crippen molar-refractivity contribution in [3.05, 3.63) is 82.4 Å². The van der Waals surface area contributed by atoms with Crippen LogP contribution in [0.15, 0.2) is 54.6 Å². The van der Waals surface area contributed by atoms with Crippen molar-refractivity contribution in [3.63, 3.8) is 0 Å². The molecular formula is C28H33N3O3. The SMILES string of the molecule is COc1ccccc1Oc1ccc2c(c1)[C@H](NC(=O)[C@@H](N)Cc1c(C)cc(C)cc1C)CCN2. The lowest BCUT2D eigenvalue weighted by atomic mass is 9.93. The van der Waals surface area contributed by atoms with E-state index < -0.39 is 6.04 Å². The molecule has 1 amide bonds. The number of amides is 1. The van der Waals surface area contributed by atoms with Gasteiger partial charge in [-0.05, 0) is 80.6 Å². The third-order valence-electron chi connectivity index (χ3n) is 6.36. The molecule has 0 bridgehead atoms. The number of aryl methyl sites for hydroxylation is 3. The molecule has 6 nitrogen and oxygen atoms in total. The van der Waals surface area contributed by atoms with Crippen LogP contribution < -0.4 is 25.8 Å². The van der Waals surface area contributed by atoms with Crippen LogP contribution in [0.2, 0.25) is 0 Å². The molecule has 34 heavy (non-hydrogen) atoms. The fraction of sp³-hybridized carbons (Fsp3) is 0.321. The van der Waals surface area contributed by atoms with E-state index in [1.165, 1.54) is 16.7 Å². The second-order valence-corrected chi connectivity index (χ2v) is 8.97. The maximum atomic E-state index is 13.1. The zero-order valence-electron chi connectivity index (χ0n) is 20.3. The number of benzene rings is 3. The number of ether oxygens (including phenoxy) is 2. The van der Waals surface area contributed by atoms with Crippen molar-refractivity contribution in [2.45, 2.75) is 45.7 Å². The Morgan fingerprint density at radius 1 is 1.09 bits per heavy atom. The van der Waals surface area contributed by atoms with E-state index in [1.54, 1.807) is 7.11 Å². The molecule has 1 aliphatic heterocycles. The zero-order chi connectivity index (χ0) is 24.2. The van der Waals surface area contributed by atoms with Crippen molar-refractivity contribution >= 4 is 11.6 Å². The van der Waals surface area contributed by atoms with Crippen LogP contribution in [-0.2, 0) is 11.2 Å². The Balaban J connectivity index is 1.50. The summed E-state index contributed by atoms with van der Waals surface area (Å²) in [6.07, 6.45) is 1.28. The maximum absolute atomic E-state index is 13.1. The van der Waals surface area contributed by atoms with Crippen LogP contribution in [0.25, 0.3) is 0 Å². The van der Waals surface area contributed by atoms with E-state index in [-0.39, 0.29) is 11.9 Å². The van der Waals surface area contributed by atoms with Gasteiger partial charge in [0.15, 0.2) is 11.5 Å². The minimum absolute atomic E-state index is 0.142. The van der Waals surface area contributed by atoms with Crippen LogP contribution in [-0.4, -0.2) is 25.6 Å². The third kappa shape index (κ3) is 5.18. The van der Waals surface area contributed by atoms with Crippen LogP contribution in [0, 0.1) is 20.8 Å². The first kappa shape index (κ1) is 23.6. The molecule has 3 aromatic rings. The zero-order valence-corrected chi connectivity index (χ0v) is 20.3. The van der Waals surface area contributed by atoms with E-state index in [0.29, 0.717) is 23.7 Å². The molecule has 0 radical (unpaired) electrons. The van der Waals surface area contributed by atoms with Gasteiger partial charge in [-0.15, -0.1) is 0 Å². The Morgan fingerprint density at radius 2 is 1.79 bits per heavy atom. The highest BCUT2D eigenvalue weighted by atomic mass is 16.5. The molecular weight excluding hydrogens is 426 g/mol. The molecule has 6 heteroatoms. The lowest BCUT2D eigenvalue weighted by molar-refractivity contribution is -0.123. The molecule has 0 aromatic heterocycles. The number of hydrogen-bond acceptors (Lipinski definition) is 5. The molecule has 1 aliphatic rings. The molecule has 0 fully saturated rings. The van der Waals surface area contributed by atoms with Gasteiger partial charge in [-0.3, -0.25) is 4.79 Å². The number of anilines is 1. The van der Waals surface area contributed by atoms with Crippen LogP contribution in [0.4, 0.5) is 5.69 Å². The molecule has 0 unspecified atom stereocenters. The minimum Gasteiger partial charge on any atom is -0.493 e. The van der Waals surface area contributed by atoms with Crippen LogP contribution >= 0.6 is 0 Å². The lowest BCUT2D eigenvalue weighted by Gasteiger charge is -2.29. The average molecular weight is 460 g/mol. The fourth-order valence-electron chi connectivity index (χ4n) is 4.66. The van der Waals surface area contributed by atoms with E-state index in [4.69, 9.17) is 15.2 Å². The summed E-state index contributed by atoms with van der Waals surface area (Å²) < 4.78 is 11.5. The lowest BCUT2D eigenvalue weighted by Crippen LogP contribution is -2.44. The number of carbonyl (C=O) groups excluding carboxylic acids is 1. The summed E-state index contributed by atoms with van der Waals surface area (Å²) in [5.74, 6) is 1.84. The van der Waals surface area contributed by atoms with Gasteiger partial charge < -0.3 is 25.8 Å². The number of methoxy groups -OCH3 is 1. The van der Waals surface area contributed by atoms with Crippen molar-refractivity contribution in [1.82, 2.24) is 5.32 Å². The van der Waals surface area contributed by atoms with Crippen molar-refractivity contribution in [1.29, 1.82) is 0 Å². The topological polar surface area (TPSA) is 85.6 Å². The van der Waals surface area contributed by atoms with Crippen LogP contribution in [0.3, 0.4) is 0 Å². The van der Waals surface area contributed by atoms with Gasteiger partial charge in [0.1, 0.15) is 5.75 Å². The second kappa shape index (κ2) is 10.2. The van der Waals surface area contributed by atoms with Gasteiger partial charge >= 0.3 is 0 Å². The number of para-hydroxylation sites is 2. The molecule has 1 heterocycles. The molecule has 0 saturated carbocycles. The van der Waals surface area contributed by atoms with Gasteiger partial charge in [-0.2, -0.15) is 0 Å². The molecule has 4 N–H and O–H groups in total. The molecule has 0 saturated heterocycles. The summed E-state index contributed by atoms with van der Waals surface area (Å²) in [6, 6.07) is 16.9. The molecule has 2 atom stereocenters. The smallest absolute Gasteiger partial charge is 0.237 e. The number of carbonyl (C=O) groups is 1. The highest BCUT2D eigenvalue weighted by Crippen LogP contribution is 2.36. The number of fused-ring (bicyclic) bond motifs is 1. The van der Waals surface area contributed by atoms with Crippen molar-refractivity contribution in [2.24, 2.45) is 5.73 Å². The summed E-state index contributed by atoms with van der Waals surface area (Å²) in [4.78, 5) is 13.1. The van der Waals surface area contributed by atoms with Gasteiger partial charge in [0.05, 0.1) is 19.2 Å². The quantitative estimate of drug-likeness (QED) is 0.465. The Kier molecular flexibility index (Phi) is 7.08. The predicted molar refractivity (Wildman–Crippen MR) is 136 cm³/mol. The van der Waals surface area contributed by atoms with Crippen molar-refractivity contribution in [2.75, 3.05) is 19.0 Å². The highest BCUT2D eigenvalue weighted by molar-refractivity contribution is 5.82. The van der Waals surface area contributed by atoms with Gasteiger partial charge in [-0.25, -0.2) is 0 Å². The van der Waals surface area contributed by atoms with Gasteiger partial charge in [-0.1, -0.05) is 29.8 Å². The Hall–Kier alpha value is -3.51. The maximum Gasteiger partial charge on any atom is 0.237 e. The second-order valence-electron chi connectivity index (χ2n) is 8.97. The summed E-state index contributed by atoms with van der Waals surface area (Å²) in [7, 11) is 1.62. The Bertz CT molecular complexity index is 1170. The van der Waals surface area contributed by atoms with E-state index in [1.807, 2.05) is 42.5 Å². The summed E-state index contributed by atoms with van der Waals surface area (Å²) in [6.45, 7) is 7.01. The average Bonchev–Trinajstić information content (AvgIpc) is 2.82. The predicted octanol–water partition coefficient (Wildman–Crippen LogP) is 4.96. The standard InChI is InChI=1S/C28H33N3O3/c1-17-13-18(2)21(19(3)14-17)16-23(29)28(32)31-25-11-12-30-24-10-9-20(15-22(24)25)34-27-8-6-5-7-26(27)33-4/h5-10,13-15,23,25,30H,11-12,16,29H2,1-4H3,(H,31,32)/t23-,25+/m0/s1. The van der Waals surface area contributed by atoms with E-state index in [9.17, 15) is 4.79 Å². The highest BCUT2D eigenvalue weighted by Gasteiger charge is 2.25.